The molecule has 0 aliphatic carbocycles. The second kappa shape index (κ2) is 4.09. The Labute approximate surface area is 74.5 Å². The Kier molecular flexibility index (Phi) is 3.08. The Balaban J connectivity index is 4.75. The Bertz CT molecular complexity index is 226. The van der Waals surface area contributed by atoms with Crippen molar-refractivity contribution in [2.75, 3.05) is 21.1 Å². The van der Waals surface area contributed by atoms with Crippen LogP contribution in [0.25, 0.3) is 0 Å². The molecule has 0 aromatic heterocycles. The second-order valence-electron chi connectivity index (χ2n) is 2.86. The minimum Gasteiger partial charge on any atom is -0.347 e. The van der Waals surface area contributed by atoms with E-state index in [4.69, 9.17) is 1.37 Å². The van der Waals surface area contributed by atoms with Crippen LogP contribution in [0.4, 0.5) is 0 Å². The lowest BCUT2D eigenvalue weighted by molar-refractivity contribution is -0.141. The third kappa shape index (κ3) is 2.53. The third-order valence-corrected chi connectivity index (χ3v) is 1.69. The Morgan fingerprint density at radius 3 is 2.00 bits per heavy atom. The number of nitrogens with zero attached hydrogens (tertiary/aromatic N) is 2. The standard InChI is InChI=1S/C8H16N2O2/c1-6(8(12)9(3)4)10(5)7(2)11/h6H,1-5H3/i6D. The lowest BCUT2D eigenvalue weighted by Crippen LogP contribution is -2.44. The van der Waals surface area contributed by atoms with Crippen LogP contribution in [0.5, 0.6) is 0 Å². The molecule has 0 aliphatic heterocycles. The molecule has 4 heteroatoms. The number of carbonyl (C=O) groups is 2. The van der Waals surface area contributed by atoms with Crippen LogP contribution in [0, 0.1) is 0 Å². The molecule has 12 heavy (non-hydrogen) atoms. The molecule has 2 amide bonds. The van der Waals surface area contributed by atoms with Crippen molar-refractivity contribution in [3.05, 3.63) is 0 Å². The molecule has 0 saturated heterocycles. The van der Waals surface area contributed by atoms with Gasteiger partial charge in [-0.1, -0.05) is 0 Å². The first-order valence-electron chi connectivity index (χ1n) is 4.17. The van der Waals surface area contributed by atoms with Crippen LogP contribution in [0.15, 0.2) is 0 Å². The smallest absolute Gasteiger partial charge is 0.244 e. The minimum absolute atomic E-state index is 0.298. The first kappa shape index (κ1) is 9.03. The van der Waals surface area contributed by atoms with Crippen molar-refractivity contribution in [1.82, 2.24) is 9.80 Å². The van der Waals surface area contributed by atoms with Crippen LogP contribution in [-0.4, -0.2) is 48.8 Å². The van der Waals surface area contributed by atoms with E-state index in [2.05, 4.69) is 0 Å². The molecule has 70 valence electrons. The van der Waals surface area contributed by atoms with E-state index in [1.54, 1.807) is 14.1 Å². The van der Waals surface area contributed by atoms with Crippen LogP contribution in [0.3, 0.4) is 0 Å². The van der Waals surface area contributed by atoms with E-state index in [9.17, 15) is 9.59 Å². The SMILES string of the molecule is [2H]C(C)(C(=O)N(C)C)N(C)C(C)=O. The molecular formula is C8H16N2O2. The van der Waals surface area contributed by atoms with E-state index >= 15 is 0 Å². The molecule has 0 heterocycles. The fraction of sp³-hybridized carbons (Fsp3) is 0.750. The Morgan fingerprint density at radius 1 is 1.33 bits per heavy atom. The van der Waals surface area contributed by atoms with Gasteiger partial charge in [0.05, 0.1) is 1.37 Å². The molecule has 0 rings (SSSR count). The van der Waals surface area contributed by atoms with Crippen molar-refractivity contribution in [3.8, 4) is 0 Å². The molecule has 0 bridgehead atoms. The maximum absolute atomic E-state index is 11.5. The van der Waals surface area contributed by atoms with E-state index in [0.29, 0.717) is 0 Å². The van der Waals surface area contributed by atoms with Crippen LogP contribution < -0.4 is 0 Å². The molecule has 0 aliphatic rings. The normalized spacial score (nSPS) is 15.9. The van der Waals surface area contributed by atoms with Gasteiger partial charge >= 0.3 is 0 Å². The largest absolute Gasteiger partial charge is 0.347 e. The first-order chi connectivity index (χ1) is 5.71. The molecule has 1 unspecified atom stereocenters. The second-order valence-corrected chi connectivity index (χ2v) is 2.86. The Morgan fingerprint density at radius 2 is 1.75 bits per heavy atom. The van der Waals surface area contributed by atoms with Gasteiger partial charge < -0.3 is 9.80 Å². The highest BCUT2D eigenvalue weighted by Gasteiger charge is 2.20. The number of rotatable bonds is 2. The Hall–Kier alpha value is -1.06. The summed E-state index contributed by atoms with van der Waals surface area (Å²) in [7, 11) is 4.56. The molecule has 0 radical (unpaired) electrons. The van der Waals surface area contributed by atoms with Gasteiger partial charge in [0.15, 0.2) is 0 Å². The molecule has 0 spiro atoms. The number of amides is 2. The average Bonchev–Trinajstić information content (AvgIpc) is 2.01. The van der Waals surface area contributed by atoms with Crippen LogP contribution in [0.1, 0.15) is 15.2 Å². The van der Waals surface area contributed by atoms with E-state index in [0.717, 1.165) is 4.90 Å². The highest BCUT2D eigenvalue weighted by molar-refractivity contribution is 5.86. The van der Waals surface area contributed by atoms with Crippen molar-refractivity contribution in [1.29, 1.82) is 0 Å². The lowest BCUT2D eigenvalue weighted by Gasteiger charge is -2.25. The zero-order valence-corrected chi connectivity index (χ0v) is 8.21. The molecule has 0 N–H and O–H groups in total. The van der Waals surface area contributed by atoms with Gasteiger partial charge in [-0.05, 0) is 6.92 Å². The van der Waals surface area contributed by atoms with E-state index in [1.165, 1.54) is 25.8 Å². The summed E-state index contributed by atoms with van der Waals surface area (Å²) in [6, 6.07) is -1.52. The predicted octanol–water partition coefficient (Wildman–Crippen LogP) is -0.0586. The number of hydrogen-bond acceptors (Lipinski definition) is 2. The summed E-state index contributed by atoms with van der Waals surface area (Å²) in [5, 5.41) is 0. The van der Waals surface area contributed by atoms with Gasteiger partial charge in [-0.15, -0.1) is 0 Å². The van der Waals surface area contributed by atoms with Crippen molar-refractivity contribution in [3.63, 3.8) is 0 Å². The quantitative estimate of drug-likeness (QED) is 0.587. The van der Waals surface area contributed by atoms with Crippen LogP contribution in [0.2, 0.25) is 0 Å². The van der Waals surface area contributed by atoms with E-state index in [1.807, 2.05) is 0 Å². The fourth-order valence-electron chi connectivity index (χ4n) is 0.703. The molecular weight excluding hydrogens is 156 g/mol. The summed E-state index contributed by atoms with van der Waals surface area (Å²) in [5.41, 5.74) is 0. The maximum atomic E-state index is 11.5. The van der Waals surface area contributed by atoms with Gasteiger partial charge in [-0.2, -0.15) is 0 Å². The monoisotopic (exact) mass is 173 g/mol. The van der Waals surface area contributed by atoms with Crippen molar-refractivity contribution < 1.29 is 11.0 Å². The summed E-state index contributed by atoms with van der Waals surface area (Å²) in [4.78, 5) is 24.8. The third-order valence-electron chi connectivity index (χ3n) is 1.69. The lowest BCUT2D eigenvalue weighted by atomic mass is 10.2. The predicted molar refractivity (Wildman–Crippen MR) is 46.6 cm³/mol. The topological polar surface area (TPSA) is 40.6 Å². The highest BCUT2D eigenvalue weighted by atomic mass is 16.2. The molecule has 0 aromatic rings. The van der Waals surface area contributed by atoms with Crippen molar-refractivity contribution in [2.24, 2.45) is 0 Å². The fourth-order valence-corrected chi connectivity index (χ4v) is 0.703. The van der Waals surface area contributed by atoms with Crippen LogP contribution >= 0.6 is 0 Å². The van der Waals surface area contributed by atoms with Gasteiger partial charge in [0.2, 0.25) is 11.8 Å². The molecule has 1 atom stereocenters. The van der Waals surface area contributed by atoms with Gasteiger partial charge in [-0.3, -0.25) is 9.59 Å². The van der Waals surface area contributed by atoms with Gasteiger partial charge in [0.25, 0.3) is 0 Å². The minimum atomic E-state index is -1.52. The zero-order valence-electron chi connectivity index (χ0n) is 9.21. The summed E-state index contributed by atoms with van der Waals surface area (Å²) >= 11 is 0. The molecule has 0 fully saturated rings. The summed E-state index contributed by atoms with van der Waals surface area (Å²) in [6.45, 7) is 2.73. The van der Waals surface area contributed by atoms with Gasteiger partial charge in [0.1, 0.15) is 6.02 Å². The summed E-state index contributed by atoms with van der Waals surface area (Å²) in [5.74, 6) is -0.710. The maximum Gasteiger partial charge on any atom is 0.244 e. The number of likely N-dealkylation sites (N-methyl/N-ethyl adjacent to an activating group) is 2. The van der Waals surface area contributed by atoms with E-state index in [-0.39, 0.29) is 5.91 Å². The first-order valence-corrected chi connectivity index (χ1v) is 3.67. The van der Waals surface area contributed by atoms with Crippen molar-refractivity contribution >= 4 is 11.8 Å². The van der Waals surface area contributed by atoms with Crippen molar-refractivity contribution in [2.45, 2.75) is 19.9 Å². The highest BCUT2D eigenvalue weighted by Crippen LogP contribution is 1.98. The van der Waals surface area contributed by atoms with Gasteiger partial charge in [0, 0.05) is 28.1 Å². The summed E-state index contributed by atoms with van der Waals surface area (Å²) < 4.78 is 7.71. The van der Waals surface area contributed by atoms with E-state index < -0.39 is 11.9 Å². The number of hydrogen-bond donors (Lipinski definition) is 0. The molecule has 0 aromatic carbocycles. The average molecular weight is 173 g/mol. The summed E-state index contributed by atoms with van der Waals surface area (Å²) in [6.07, 6.45) is 0. The molecule has 0 saturated carbocycles. The van der Waals surface area contributed by atoms with Crippen LogP contribution in [-0.2, 0) is 9.59 Å². The van der Waals surface area contributed by atoms with Gasteiger partial charge in [-0.25, -0.2) is 0 Å². The number of carbonyl (C=O) groups excluding carboxylic acids is 2. The zero-order chi connectivity index (χ0) is 10.8. The molecule has 4 nitrogen and oxygen atoms in total.